The van der Waals surface area contributed by atoms with Crippen LogP contribution in [-0.4, -0.2) is 41.3 Å². The number of nitrogens with two attached hydrogens (primary N) is 2. The summed E-state index contributed by atoms with van der Waals surface area (Å²) in [7, 11) is 8.05. The van der Waals surface area contributed by atoms with Crippen molar-refractivity contribution in [2.24, 2.45) is 0 Å². The summed E-state index contributed by atoms with van der Waals surface area (Å²) in [6, 6.07) is 12.0. The first kappa shape index (κ1) is 17.6. The molecule has 0 saturated carbocycles. The molecule has 0 fully saturated rings. The molecule has 0 aliphatic rings. The van der Waals surface area contributed by atoms with E-state index in [0.29, 0.717) is 0 Å². The quantitative estimate of drug-likeness (QED) is 0.462. The number of benzene rings is 2. The molecule has 0 bridgehead atoms. The van der Waals surface area contributed by atoms with Crippen LogP contribution >= 0.6 is 0 Å². The van der Waals surface area contributed by atoms with Crippen molar-refractivity contribution in [3.8, 4) is 0 Å². The number of anilines is 6. The van der Waals surface area contributed by atoms with Crippen molar-refractivity contribution in [2.45, 2.75) is 0 Å². The van der Waals surface area contributed by atoms with E-state index in [1.165, 1.54) is 0 Å². The molecule has 0 aliphatic carbocycles. The first-order valence-corrected chi connectivity index (χ1v) is 8.00. The Hall–Kier alpha value is -2.76. The maximum Gasteiger partial charge on any atom is 0.0595 e. The molecule has 2 aromatic rings. The average molecular weight is 328 g/mol. The van der Waals surface area contributed by atoms with Crippen LogP contribution in [0.1, 0.15) is 0 Å². The van der Waals surface area contributed by atoms with E-state index in [0.717, 1.165) is 47.2 Å². The first-order chi connectivity index (χ1) is 11.4. The van der Waals surface area contributed by atoms with Crippen molar-refractivity contribution in [3.63, 3.8) is 0 Å². The number of hydrogen-bond donors (Lipinski definition) is 4. The van der Waals surface area contributed by atoms with E-state index in [2.05, 4.69) is 32.6 Å². The molecule has 2 rings (SSSR count). The van der Waals surface area contributed by atoms with Crippen molar-refractivity contribution >= 4 is 34.1 Å². The second-order valence-corrected chi connectivity index (χ2v) is 6.19. The Labute approximate surface area is 144 Å². The van der Waals surface area contributed by atoms with Crippen molar-refractivity contribution in [1.82, 2.24) is 0 Å². The number of rotatable bonds is 7. The summed E-state index contributed by atoms with van der Waals surface area (Å²) in [5.74, 6) is 0. The van der Waals surface area contributed by atoms with Crippen molar-refractivity contribution in [2.75, 3.05) is 73.2 Å². The van der Waals surface area contributed by atoms with E-state index < -0.39 is 0 Å². The third-order valence-electron chi connectivity index (χ3n) is 3.86. The van der Waals surface area contributed by atoms with Gasteiger partial charge in [0.25, 0.3) is 0 Å². The molecule has 0 heterocycles. The Bertz CT molecular complexity index is 622. The second-order valence-electron chi connectivity index (χ2n) is 6.19. The molecule has 0 spiro atoms. The van der Waals surface area contributed by atoms with Crippen molar-refractivity contribution in [1.29, 1.82) is 0 Å². The number of nitrogens with one attached hydrogen (secondary N) is 2. The van der Waals surface area contributed by atoms with E-state index >= 15 is 0 Å². The van der Waals surface area contributed by atoms with Gasteiger partial charge in [-0.3, -0.25) is 0 Å². The van der Waals surface area contributed by atoms with Gasteiger partial charge in [-0.1, -0.05) is 0 Å². The predicted molar refractivity (Wildman–Crippen MR) is 107 cm³/mol. The summed E-state index contributed by atoms with van der Waals surface area (Å²) in [5, 5.41) is 6.74. The zero-order valence-corrected chi connectivity index (χ0v) is 14.9. The molecule has 0 aromatic heterocycles. The molecule has 0 unspecified atom stereocenters. The highest BCUT2D eigenvalue weighted by molar-refractivity contribution is 5.73. The Kier molecular flexibility index (Phi) is 5.63. The monoisotopic (exact) mass is 328 g/mol. The van der Waals surface area contributed by atoms with E-state index in [-0.39, 0.29) is 0 Å². The van der Waals surface area contributed by atoms with Gasteiger partial charge in [0, 0.05) is 52.7 Å². The van der Waals surface area contributed by atoms with Crippen LogP contribution in [0.15, 0.2) is 36.4 Å². The fourth-order valence-electron chi connectivity index (χ4n) is 2.35. The van der Waals surface area contributed by atoms with Gasteiger partial charge in [-0.05, 0) is 36.4 Å². The standard InChI is InChI=1S/C18H28N6/c1-23(2)13-5-7-15(19)17(11-13)21-9-10-22-18-12-14(24(3)4)6-8-16(18)20/h5-8,11-12,21-22H,9-10,19-20H2,1-4H3. The van der Waals surface area contributed by atoms with Crippen LogP contribution in [0.2, 0.25) is 0 Å². The van der Waals surface area contributed by atoms with Crippen LogP contribution in [0.4, 0.5) is 34.1 Å². The fraction of sp³-hybridized carbons (Fsp3) is 0.333. The van der Waals surface area contributed by atoms with Crippen LogP contribution < -0.4 is 31.9 Å². The van der Waals surface area contributed by atoms with Crippen LogP contribution in [0, 0.1) is 0 Å². The largest absolute Gasteiger partial charge is 0.397 e. The molecule has 0 amide bonds. The van der Waals surface area contributed by atoms with Gasteiger partial charge in [0.05, 0.1) is 22.7 Å². The molecule has 0 aliphatic heterocycles. The average Bonchev–Trinajstić information content (AvgIpc) is 2.54. The van der Waals surface area contributed by atoms with E-state index in [4.69, 9.17) is 11.5 Å². The Morgan fingerprint density at radius 2 is 1.08 bits per heavy atom. The lowest BCUT2D eigenvalue weighted by Gasteiger charge is -2.18. The van der Waals surface area contributed by atoms with Gasteiger partial charge in [-0.25, -0.2) is 0 Å². The van der Waals surface area contributed by atoms with Crippen LogP contribution in [0.25, 0.3) is 0 Å². The highest BCUT2D eigenvalue weighted by Gasteiger charge is 2.04. The minimum Gasteiger partial charge on any atom is -0.397 e. The lowest BCUT2D eigenvalue weighted by molar-refractivity contribution is 1.07. The van der Waals surface area contributed by atoms with Gasteiger partial charge in [0.15, 0.2) is 0 Å². The highest BCUT2D eigenvalue weighted by atomic mass is 15.1. The Balaban J connectivity index is 1.94. The summed E-state index contributed by atoms with van der Waals surface area (Å²) < 4.78 is 0. The molecular formula is C18H28N6. The summed E-state index contributed by atoms with van der Waals surface area (Å²) in [4.78, 5) is 4.10. The summed E-state index contributed by atoms with van der Waals surface area (Å²) >= 11 is 0. The van der Waals surface area contributed by atoms with Crippen LogP contribution in [0.5, 0.6) is 0 Å². The molecule has 24 heavy (non-hydrogen) atoms. The smallest absolute Gasteiger partial charge is 0.0595 e. The van der Waals surface area contributed by atoms with Gasteiger partial charge in [-0.2, -0.15) is 0 Å². The Morgan fingerprint density at radius 3 is 1.42 bits per heavy atom. The van der Waals surface area contributed by atoms with Crippen molar-refractivity contribution < 1.29 is 0 Å². The van der Waals surface area contributed by atoms with E-state index in [1.54, 1.807) is 0 Å². The van der Waals surface area contributed by atoms with Crippen molar-refractivity contribution in [3.05, 3.63) is 36.4 Å². The molecule has 0 atom stereocenters. The number of hydrogen-bond acceptors (Lipinski definition) is 6. The number of nitrogen functional groups attached to an aromatic ring is 2. The van der Waals surface area contributed by atoms with Crippen LogP contribution in [-0.2, 0) is 0 Å². The Morgan fingerprint density at radius 1 is 0.708 bits per heavy atom. The molecular weight excluding hydrogens is 300 g/mol. The summed E-state index contributed by atoms with van der Waals surface area (Å²) in [5.41, 5.74) is 17.7. The zero-order valence-electron chi connectivity index (χ0n) is 14.9. The van der Waals surface area contributed by atoms with Gasteiger partial charge < -0.3 is 31.9 Å². The minimum absolute atomic E-state index is 0.743. The lowest BCUT2D eigenvalue weighted by Crippen LogP contribution is -2.16. The van der Waals surface area contributed by atoms with Gasteiger partial charge in [0.2, 0.25) is 0 Å². The normalized spacial score (nSPS) is 10.3. The molecule has 0 saturated heterocycles. The van der Waals surface area contributed by atoms with Gasteiger partial charge in [0.1, 0.15) is 0 Å². The van der Waals surface area contributed by atoms with Gasteiger partial charge >= 0.3 is 0 Å². The van der Waals surface area contributed by atoms with Gasteiger partial charge in [-0.15, -0.1) is 0 Å². The van der Waals surface area contributed by atoms with E-state index in [9.17, 15) is 0 Å². The topological polar surface area (TPSA) is 82.6 Å². The van der Waals surface area contributed by atoms with E-state index in [1.807, 2.05) is 52.5 Å². The lowest BCUT2D eigenvalue weighted by atomic mass is 10.2. The SMILES string of the molecule is CN(C)c1ccc(N)c(NCCNc2cc(N(C)C)ccc2N)c1. The molecule has 2 aromatic carbocycles. The molecule has 6 N–H and O–H groups in total. The number of nitrogens with zero attached hydrogens (tertiary/aromatic N) is 2. The maximum atomic E-state index is 6.03. The molecule has 6 heteroatoms. The molecule has 6 nitrogen and oxygen atoms in total. The third-order valence-corrected chi connectivity index (χ3v) is 3.86. The maximum absolute atomic E-state index is 6.03. The fourth-order valence-corrected chi connectivity index (χ4v) is 2.35. The van der Waals surface area contributed by atoms with Crippen LogP contribution in [0.3, 0.4) is 0 Å². The molecule has 0 radical (unpaired) electrons. The zero-order chi connectivity index (χ0) is 17.7. The predicted octanol–water partition coefficient (Wildman–Crippen LogP) is 2.51. The minimum atomic E-state index is 0.743. The molecule has 130 valence electrons. The third kappa shape index (κ3) is 4.38. The first-order valence-electron chi connectivity index (χ1n) is 8.00. The highest BCUT2D eigenvalue weighted by Crippen LogP contribution is 2.25. The summed E-state index contributed by atoms with van der Waals surface area (Å²) in [6.45, 7) is 1.49. The second kappa shape index (κ2) is 7.68. The summed E-state index contributed by atoms with van der Waals surface area (Å²) in [6.07, 6.45) is 0.